The summed E-state index contributed by atoms with van der Waals surface area (Å²) < 4.78 is 33.3. The Morgan fingerprint density at radius 1 is 1.08 bits per heavy atom. The third kappa shape index (κ3) is 3.95. The van der Waals surface area contributed by atoms with Gasteiger partial charge in [0, 0.05) is 18.0 Å². The van der Waals surface area contributed by atoms with Gasteiger partial charge in [0.05, 0.1) is 28.9 Å². The van der Waals surface area contributed by atoms with Gasteiger partial charge in [-0.05, 0) is 38.4 Å². The van der Waals surface area contributed by atoms with E-state index >= 15 is 0 Å². The van der Waals surface area contributed by atoms with Gasteiger partial charge in [-0.1, -0.05) is 24.3 Å². The van der Waals surface area contributed by atoms with Gasteiger partial charge in [-0.3, -0.25) is 4.72 Å². The first-order valence-electron chi connectivity index (χ1n) is 8.09. The average Bonchev–Trinajstić information content (AvgIpc) is 2.61. The molecular formula is C19H21N3O3S. The van der Waals surface area contributed by atoms with Crippen LogP contribution in [0, 0.1) is 0 Å². The van der Waals surface area contributed by atoms with E-state index in [1.165, 1.54) is 19.2 Å². The van der Waals surface area contributed by atoms with Crippen LogP contribution in [0.5, 0.6) is 5.75 Å². The first kappa shape index (κ1) is 18.2. The van der Waals surface area contributed by atoms with Gasteiger partial charge in [-0.15, -0.1) is 0 Å². The van der Waals surface area contributed by atoms with Crippen molar-refractivity contribution in [3.05, 3.63) is 60.3 Å². The van der Waals surface area contributed by atoms with Crippen molar-refractivity contribution in [3.63, 3.8) is 0 Å². The molecule has 0 aliphatic carbocycles. The third-order valence-electron chi connectivity index (χ3n) is 3.85. The van der Waals surface area contributed by atoms with Crippen molar-refractivity contribution in [2.75, 3.05) is 25.9 Å². The van der Waals surface area contributed by atoms with Crippen LogP contribution in [0.3, 0.4) is 0 Å². The highest BCUT2D eigenvalue weighted by Crippen LogP contribution is 2.26. The summed E-state index contributed by atoms with van der Waals surface area (Å²) in [7, 11) is 1.67. The zero-order valence-corrected chi connectivity index (χ0v) is 15.7. The average molecular weight is 371 g/mol. The van der Waals surface area contributed by atoms with Crippen molar-refractivity contribution in [3.8, 4) is 5.75 Å². The lowest BCUT2D eigenvalue weighted by atomic mass is 10.2. The molecule has 0 saturated carbocycles. The van der Waals surface area contributed by atoms with E-state index < -0.39 is 10.0 Å². The lowest BCUT2D eigenvalue weighted by Crippen LogP contribution is -2.14. The highest BCUT2D eigenvalue weighted by atomic mass is 32.2. The van der Waals surface area contributed by atoms with Gasteiger partial charge in [0.15, 0.2) is 0 Å². The van der Waals surface area contributed by atoms with E-state index in [9.17, 15) is 8.42 Å². The van der Waals surface area contributed by atoms with Gasteiger partial charge in [0.1, 0.15) is 5.75 Å². The SMILES string of the molecule is COc1cccc(S(=O)(=O)Nc2cccc3ccc(CN(C)C)nc23)c1. The summed E-state index contributed by atoms with van der Waals surface area (Å²) in [6.45, 7) is 0.674. The summed E-state index contributed by atoms with van der Waals surface area (Å²) in [5.74, 6) is 0.484. The molecule has 0 bridgehead atoms. The first-order chi connectivity index (χ1) is 12.4. The van der Waals surface area contributed by atoms with E-state index in [1.807, 2.05) is 37.2 Å². The van der Waals surface area contributed by atoms with E-state index in [0.29, 0.717) is 23.5 Å². The van der Waals surface area contributed by atoms with E-state index in [1.54, 1.807) is 24.3 Å². The molecule has 26 heavy (non-hydrogen) atoms. The number of hydrogen-bond donors (Lipinski definition) is 1. The Morgan fingerprint density at radius 2 is 1.85 bits per heavy atom. The summed E-state index contributed by atoms with van der Waals surface area (Å²) in [5.41, 5.74) is 1.94. The number of ether oxygens (including phenoxy) is 1. The van der Waals surface area contributed by atoms with E-state index in [2.05, 4.69) is 9.71 Å². The molecule has 0 unspecified atom stereocenters. The number of rotatable bonds is 6. The summed E-state index contributed by atoms with van der Waals surface area (Å²) in [5, 5.41) is 0.873. The number of nitrogens with zero attached hydrogens (tertiary/aromatic N) is 2. The summed E-state index contributed by atoms with van der Waals surface area (Å²) in [6.07, 6.45) is 0. The number of methoxy groups -OCH3 is 1. The molecule has 0 atom stereocenters. The second kappa shape index (κ2) is 7.31. The maximum atomic E-state index is 12.8. The molecule has 0 saturated heterocycles. The minimum absolute atomic E-state index is 0.137. The fourth-order valence-corrected chi connectivity index (χ4v) is 3.76. The maximum absolute atomic E-state index is 12.8. The summed E-state index contributed by atoms with van der Waals surface area (Å²) >= 11 is 0. The minimum Gasteiger partial charge on any atom is -0.497 e. The number of hydrogen-bond acceptors (Lipinski definition) is 5. The molecule has 0 amide bonds. The summed E-state index contributed by atoms with van der Waals surface area (Å²) in [6, 6.07) is 15.7. The maximum Gasteiger partial charge on any atom is 0.262 e. The lowest BCUT2D eigenvalue weighted by Gasteiger charge is -2.13. The van der Waals surface area contributed by atoms with Crippen molar-refractivity contribution in [2.24, 2.45) is 0 Å². The van der Waals surface area contributed by atoms with Crippen LogP contribution in [0.4, 0.5) is 5.69 Å². The first-order valence-corrected chi connectivity index (χ1v) is 9.57. The van der Waals surface area contributed by atoms with Crippen molar-refractivity contribution < 1.29 is 13.2 Å². The van der Waals surface area contributed by atoms with Crippen molar-refractivity contribution in [2.45, 2.75) is 11.4 Å². The topological polar surface area (TPSA) is 71.5 Å². The number of sulfonamides is 1. The highest BCUT2D eigenvalue weighted by Gasteiger charge is 2.17. The molecule has 6 nitrogen and oxygen atoms in total. The van der Waals surface area contributed by atoms with Crippen molar-refractivity contribution >= 4 is 26.6 Å². The van der Waals surface area contributed by atoms with Crippen LogP contribution in [0.2, 0.25) is 0 Å². The van der Waals surface area contributed by atoms with E-state index in [0.717, 1.165) is 11.1 Å². The number of para-hydroxylation sites is 1. The fraction of sp³-hybridized carbons (Fsp3) is 0.211. The second-order valence-electron chi connectivity index (χ2n) is 6.20. The van der Waals surface area contributed by atoms with Crippen LogP contribution in [-0.2, 0) is 16.6 Å². The zero-order chi connectivity index (χ0) is 18.7. The normalized spacial score (nSPS) is 11.7. The molecule has 1 aromatic heterocycles. The van der Waals surface area contributed by atoms with Crippen molar-refractivity contribution in [1.29, 1.82) is 0 Å². The molecule has 3 rings (SSSR count). The number of fused-ring (bicyclic) bond motifs is 1. The Kier molecular flexibility index (Phi) is 5.11. The third-order valence-corrected chi connectivity index (χ3v) is 5.22. The van der Waals surface area contributed by atoms with Gasteiger partial charge >= 0.3 is 0 Å². The second-order valence-corrected chi connectivity index (χ2v) is 7.88. The Hall–Kier alpha value is -2.64. The Bertz CT molecular complexity index is 1030. The molecule has 0 radical (unpaired) electrons. The van der Waals surface area contributed by atoms with E-state index in [4.69, 9.17) is 4.74 Å². The van der Waals surface area contributed by atoms with Gasteiger partial charge in [0.25, 0.3) is 10.0 Å². The molecule has 1 N–H and O–H groups in total. The summed E-state index contributed by atoms with van der Waals surface area (Å²) in [4.78, 5) is 6.78. The Balaban J connectivity index is 2.01. The number of nitrogens with one attached hydrogen (secondary N) is 1. The predicted octanol–water partition coefficient (Wildman–Crippen LogP) is 3.11. The van der Waals surface area contributed by atoms with Crippen LogP contribution in [-0.4, -0.2) is 39.5 Å². The molecule has 0 aliphatic rings. The predicted molar refractivity (Wildman–Crippen MR) is 103 cm³/mol. The lowest BCUT2D eigenvalue weighted by molar-refractivity contribution is 0.397. The molecule has 0 spiro atoms. The van der Waals surface area contributed by atoms with Gasteiger partial charge in [-0.2, -0.15) is 0 Å². The quantitative estimate of drug-likeness (QED) is 0.721. The minimum atomic E-state index is -3.75. The fourth-order valence-electron chi connectivity index (χ4n) is 2.65. The molecule has 1 heterocycles. The highest BCUT2D eigenvalue weighted by molar-refractivity contribution is 7.92. The van der Waals surface area contributed by atoms with Crippen LogP contribution in [0.15, 0.2) is 59.5 Å². The number of benzene rings is 2. The van der Waals surface area contributed by atoms with E-state index in [-0.39, 0.29) is 4.90 Å². The standard InChI is InChI=1S/C19H21N3O3S/c1-22(2)13-15-11-10-14-6-4-9-18(19(14)20-15)21-26(23,24)17-8-5-7-16(12-17)25-3/h4-12,21H,13H2,1-3H3. The molecular weight excluding hydrogens is 350 g/mol. The molecule has 0 aliphatic heterocycles. The smallest absolute Gasteiger partial charge is 0.262 e. The number of anilines is 1. The molecule has 0 fully saturated rings. The monoisotopic (exact) mass is 371 g/mol. The number of aromatic nitrogens is 1. The molecule has 7 heteroatoms. The van der Waals surface area contributed by atoms with Gasteiger partial charge < -0.3 is 9.64 Å². The Morgan fingerprint density at radius 3 is 2.58 bits per heavy atom. The number of pyridine rings is 1. The zero-order valence-electron chi connectivity index (χ0n) is 14.9. The van der Waals surface area contributed by atoms with Crippen LogP contribution in [0.1, 0.15) is 5.69 Å². The van der Waals surface area contributed by atoms with Crippen LogP contribution >= 0.6 is 0 Å². The van der Waals surface area contributed by atoms with Crippen LogP contribution in [0.25, 0.3) is 10.9 Å². The largest absolute Gasteiger partial charge is 0.497 e. The molecule has 2 aromatic carbocycles. The van der Waals surface area contributed by atoms with Crippen molar-refractivity contribution in [1.82, 2.24) is 9.88 Å². The molecule has 136 valence electrons. The Labute approximate surface area is 153 Å². The van der Waals surface area contributed by atoms with Gasteiger partial charge in [-0.25, -0.2) is 13.4 Å². The van der Waals surface area contributed by atoms with Gasteiger partial charge in [0.2, 0.25) is 0 Å². The van der Waals surface area contributed by atoms with Crippen LogP contribution < -0.4 is 9.46 Å². The molecule has 3 aromatic rings.